The maximum atomic E-state index is 9.29. The van der Waals surface area contributed by atoms with Crippen LogP contribution in [0, 0.1) is 18.3 Å². The fraction of sp³-hybridized carbons (Fsp3) is 0.0500. The summed E-state index contributed by atoms with van der Waals surface area (Å²) in [6.45, 7) is 1.88. The number of nitrogen functional groups attached to an aromatic ring is 1. The van der Waals surface area contributed by atoms with Crippen LogP contribution in [0.2, 0.25) is 5.02 Å². The van der Waals surface area contributed by atoms with Crippen molar-refractivity contribution < 1.29 is 4.74 Å². The highest BCUT2D eigenvalue weighted by Gasteiger charge is 2.11. The Morgan fingerprint density at radius 2 is 1.75 bits per heavy atom. The minimum Gasteiger partial charge on any atom is -0.457 e. The number of halogens is 1. The van der Waals surface area contributed by atoms with Crippen LogP contribution in [-0.2, 0) is 0 Å². The van der Waals surface area contributed by atoms with Crippen molar-refractivity contribution in [3.8, 4) is 28.7 Å². The van der Waals surface area contributed by atoms with Crippen molar-refractivity contribution in [3.05, 3.63) is 76.8 Å². The average molecular weight is 335 g/mol. The maximum Gasteiger partial charge on any atom is 0.129 e. The van der Waals surface area contributed by atoms with Gasteiger partial charge in [-0.1, -0.05) is 35.9 Å². The molecule has 3 aromatic rings. The first-order chi connectivity index (χ1) is 11.6. The first kappa shape index (κ1) is 15.9. The van der Waals surface area contributed by atoms with E-state index >= 15 is 0 Å². The summed E-state index contributed by atoms with van der Waals surface area (Å²) in [6, 6.07) is 20.8. The fourth-order valence-electron chi connectivity index (χ4n) is 2.60. The van der Waals surface area contributed by atoms with Gasteiger partial charge in [-0.05, 0) is 60.0 Å². The van der Waals surface area contributed by atoms with Gasteiger partial charge in [-0.15, -0.1) is 0 Å². The molecule has 3 rings (SSSR count). The zero-order chi connectivity index (χ0) is 17.1. The molecule has 4 heteroatoms. The Kier molecular flexibility index (Phi) is 4.41. The van der Waals surface area contributed by atoms with E-state index in [0.717, 1.165) is 22.4 Å². The Morgan fingerprint density at radius 3 is 2.46 bits per heavy atom. The minimum absolute atomic E-state index is 0.474. The van der Waals surface area contributed by atoms with Crippen LogP contribution in [0.1, 0.15) is 11.1 Å². The summed E-state index contributed by atoms with van der Waals surface area (Å²) in [5, 5.41) is 9.86. The van der Waals surface area contributed by atoms with E-state index in [1.54, 1.807) is 12.1 Å². The first-order valence-electron chi connectivity index (χ1n) is 7.41. The van der Waals surface area contributed by atoms with E-state index in [-0.39, 0.29) is 0 Å². The van der Waals surface area contributed by atoms with Crippen LogP contribution < -0.4 is 10.5 Å². The number of anilines is 1. The molecule has 0 aliphatic carbocycles. The SMILES string of the molecule is Cc1c(-c2cc(Cl)cc(Oc3ccccc3)c2)ccc(N)c1C#N. The Hall–Kier alpha value is -2.96. The van der Waals surface area contributed by atoms with Crippen molar-refractivity contribution >= 4 is 17.3 Å². The normalized spacial score (nSPS) is 10.2. The van der Waals surface area contributed by atoms with Gasteiger partial charge in [0.05, 0.1) is 5.56 Å². The molecule has 0 aliphatic rings. The molecule has 118 valence electrons. The Morgan fingerprint density at radius 1 is 1.00 bits per heavy atom. The molecule has 3 aromatic carbocycles. The number of para-hydroxylation sites is 1. The molecule has 3 nitrogen and oxygen atoms in total. The third-order valence-electron chi connectivity index (χ3n) is 3.77. The molecule has 0 saturated heterocycles. The minimum atomic E-state index is 0.474. The summed E-state index contributed by atoms with van der Waals surface area (Å²) in [6.07, 6.45) is 0. The second-order valence-corrected chi connectivity index (χ2v) is 5.84. The molecule has 0 aromatic heterocycles. The van der Waals surface area contributed by atoms with Crippen LogP contribution in [-0.4, -0.2) is 0 Å². The summed E-state index contributed by atoms with van der Waals surface area (Å²) >= 11 is 6.25. The Bertz CT molecular complexity index is 930. The van der Waals surface area contributed by atoms with Gasteiger partial charge in [0.2, 0.25) is 0 Å². The van der Waals surface area contributed by atoms with Crippen molar-refractivity contribution in [2.45, 2.75) is 6.92 Å². The molecule has 0 heterocycles. The topological polar surface area (TPSA) is 59.0 Å². The lowest BCUT2D eigenvalue weighted by Gasteiger charge is -2.12. The van der Waals surface area contributed by atoms with E-state index in [2.05, 4.69) is 6.07 Å². The van der Waals surface area contributed by atoms with Crippen LogP contribution in [0.15, 0.2) is 60.7 Å². The van der Waals surface area contributed by atoms with Crippen molar-refractivity contribution in [2.24, 2.45) is 0 Å². The fourth-order valence-corrected chi connectivity index (χ4v) is 2.82. The van der Waals surface area contributed by atoms with E-state index in [1.165, 1.54) is 0 Å². The molecule has 0 aliphatic heterocycles. The van der Waals surface area contributed by atoms with Crippen LogP contribution in [0.5, 0.6) is 11.5 Å². The van der Waals surface area contributed by atoms with E-state index in [0.29, 0.717) is 22.0 Å². The lowest BCUT2D eigenvalue weighted by Crippen LogP contribution is -1.96. The van der Waals surface area contributed by atoms with Crippen LogP contribution in [0.3, 0.4) is 0 Å². The molecular formula is C20H15ClN2O. The van der Waals surface area contributed by atoms with E-state index in [9.17, 15) is 5.26 Å². The van der Waals surface area contributed by atoms with Crippen LogP contribution >= 0.6 is 11.6 Å². The third kappa shape index (κ3) is 3.19. The monoisotopic (exact) mass is 334 g/mol. The average Bonchev–Trinajstić information content (AvgIpc) is 2.55. The molecule has 0 saturated carbocycles. The number of benzene rings is 3. The number of hydrogen-bond donors (Lipinski definition) is 1. The molecule has 0 unspecified atom stereocenters. The number of hydrogen-bond acceptors (Lipinski definition) is 3. The van der Waals surface area contributed by atoms with Crippen LogP contribution in [0.25, 0.3) is 11.1 Å². The number of nitriles is 1. The molecular weight excluding hydrogens is 320 g/mol. The van der Waals surface area contributed by atoms with Crippen LogP contribution in [0.4, 0.5) is 5.69 Å². The smallest absolute Gasteiger partial charge is 0.129 e. The largest absolute Gasteiger partial charge is 0.457 e. The Balaban J connectivity index is 2.06. The molecule has 0 bridgehead atoms. The van der Waals surface area contributed by atoms with Gasteiger partial charge < -0.3 is 10.5 Å². The van der Waals surface area contributed by atoms with E-state index < -0.39 is 0 Å². The zero-order valence-corrected chi connectivity index (χ0v) is 13.8. The third-order valence-corrected chi connectivity index (χ3v) is 3.99. The predicted octanol–water partition coefficient (Wildman–Crippen LogP) is 5.56. The van der Waals surface area contributed by atoms with Gasteiger partial charge in [-0.2, -0.15) is 5.26 Å². The molecule has 0 radical (unpaired) electrons. The number of nitrogens with zero attached hydrogens (tertiary/aromatic N) is 1. The highest BCUT2D eigenvalue weighted by molar-refractivity contribution is 6.31. The number of ether oxygens (including phenoxy) is 1. The quantitative estimate of drug-likeness (QED) is 0.638. The summed E-state index contributed by atoms with van der Waals surface area (Å²) < 4.78 is 5.87. The number of nitrogens with two attached hydrogens (primary N) is 1. The lowest BCUT2D eigenvalue weighted by molar-refractivity contribution is 0.483. The summed E-state index contributed by atoms with van der Waals surface area (Å²) in [4.78, 5) is 0. The molecule has 0 amide bonds. The lowest BCUT2D eigenvalue weighted by atomic mass is 9.95. The molecule has 24 heavy (non-hydrogen) atoms. The summed E-state index contributed by atoms with van der Waals surface area (Å²) in [7, 11) is 0. The highest BCUT2D eigenvalue weighted by atomic mass is 35.5. The standard InChI is InChI=1S/C20H15ClN2O/c1-13-18(7-8-20(23)19(13)12-22)14-9-15(21)11-17(10-14)24-16-5-3-2-4-6-16/h2-11H,23H2,1H3. The Labute approximate surface area is 145 Å². The van der Waals surface area contributed by atoms with Gasteiger partial charge in [-0.3, -0.25) is 0 Å². The van der Waals surface area contributed by atoms with Gasteiger partial charge in [0.25, 0.3) is 0 Å². The second kappa shape index (κ2) is 6.66. The second-order valence-electron chi connectivity index (χ2n) is 5.40. The highest BCUT2D eigenvalue weighted by Crippen LogP contribution is 2.34. The van der Waals surface area contributed by atoms with Crippen molar-refractivity contribution in [2.75, 3.05) is 5.73 Å². The van der Waals surface area contributed by atoms with E-state index in [4.69, 9.17) is 22.1 Å². The predicted molar refractivity (Wildman–Crippen MR) is 97.3 cm³/mol. The maximum absolute atomic E-state index is 9.29. The molecule has 0 atom stereocenters. The molecule has 0 fully saturated rings. The van der Waals surface area contributed by atoms with Crippen molar-refractivity contribution in [1.82, 2.24) is 0 Å². The van der Waals surface area contributed by atoms with Gasteiger partial charge in [0, 0.05) is 10.7 Å². The summed E-state index contributed by atoms with van der Waals surface area (Å²) in [5.74, 6) is 1.37. The van der Waals surface area contributed by atoms with E-state index in [1.807, 2.05) is 55.5 Å². The zero-order valence-electron chi connectivity index (χ0n) is 13.1. The van der Waals surface area contributed by atoms with Crippen molar-refractivity contribution in [1.29, 1.82) is 5.26 Å². The molecule has 2 N–H and O–H groups in total. The molecule has 0 spiro atoms. The number of rotatable bonds is 3. The van der Waals surface area contributed by atoms with Gasteiger partial charge in [0.1, 0.15) is 17.6 Å². The van der Waals surface area contributed by atoms with Gasteiger partial charge >= 0.3 is 0 Å². The van der Waals surface area contributed by atoms with Crippen molar-refractivity contribution in [3.63, 3.8) is 0 Å². The van der Waals surface area contributed by atoms with Gasteiger partial charge in [-0.25, -0.2) is 0 Å². The summed E-state index contributed by atoms with van der Waals surface area (Å²) in [5.41, 5.74) is 9.43. The van der Waals surface area contributed by atoms with Gasteiger partial charge in [0.15, 0.2) is 0 Å². The first-order valence-corrected chi connectivity index (χ1v) is 7.79.